The van der Waals surface area contributed by atoms with Crippen molar-refractivity contribution in [2.24, 2.45) is 0 Å². The van der Waals surface area contributed by atoms with Crippen molar-refractivity contribution in [1.29, 1.82) is 0 Å². The van der Waals surface area contributed by atoms with Gasteiger partial charge < -0.3 is 15.7 Å². The van der Waals surface area contributed by atoms with Crippen LogP contribution in [0.2, 0.25) is 0 Å². The number of nitrogens with one attached hydrogen (secondary N) is 2. The molecule has 0 heterocycles. The molecule has 3 N–H and O–H groups in total. The summed E-state index contributed by atoms with van der Waals surface area (Å²) in [6, 6.07) is -0.620. The number of hydrogen-bond donors (Lipinski definition) is 3. The fourth-order valence-corrected chi connectivity index (χ4v) is 1.73. The van der Waals surface area contributed by atoms with E-state index in [-0.39, 0.29) is 18.5 Å². The van der Waals surface area contributed by atoms with Crippen LogP contribution in [-0.4, -0.2) is 41.2 Å². The Balaban J connectivity index is 3.67. The summed E-state index contributed by atoms with van der Waals surface area (Å²) in [7, 11) is 0. The maximum absolute atomic E-state index is 11.4. The number of hydrogen-bond acceptors (Lipinski definition) is 3. The number of carbonyl (C=O) groups is 2. The van der Waals surface area contributed by atoms with Crippen LogP contribution in [-0.2, 0) is 4.79 Å². The van der Waals surface area contributed by atoms with Crippen LogP contribution in [0.1, 0.15) is 19.8 Å². The van der Waals surface area contributed by atoms with Crippen LogP contribution in [0.4, 0.5) is 4.79 Å². The van der Waals surface area contributed by atoms with Gasteiger partial charge in [0.05, 0.1) is 6.42 Å². The summed E-state index contributed by atoms with van der Waals surface area (Å²) in [6.07, 6.45) is 2.37. The quantitative estimate of drug-likeness (QED) is 0.433. The Hall–Kier alpha value is -1.17. The normalized spacial score (nSPS) is 11.6. The minimum atomic E-state index is -0.904. The fourth-order valence-electron chi connectivity index (χ4n) is 1.15. The molecule has 6 heteroatoms. The molecular formula is C11H20N2O3S. The van der Waals surface area contributed by atoms with Gasteiger partial charge in [0.15, 0.2) is 0 Å². The summed E-state index contributed by atoms with van der Waals surface area (Å²) in [5, 5.41) is 13.9. The Labute approximate surface area is 106 Å². The van der Waals surface area contributed by atoms with Gasteiger partial charge in [-0.25, -0.2) is 4.79 Å². The van der Waals surface area contributed by atoms with Gasteiger partial charge in [-0.1, -0.05) is 13.0 Å². The molecule has 0 aromatic rings. The lowest BCUT2D eigenvalue weighted by molar-refractivity contribution is -0.137. The molecule has 5 nitrogen and oxygen atoms in total. The van der Waals surface area contributed by atoms with Gasteiger partial charge in [0, 0.05) is 24.1 Å². The molecule has 0 aliphatic heterocycles. The highest BCUT2D eigenvalue weighted by Gasteiger charge is 2.13. The third kappa shape index (κ3) is 9.74. The molecule has 17 heavy (non-hydrogen) atoms. The molecule has 1 atom stereocenters. The average Bonchev–Trinajstić information content (AvgIpc) is 2.27. The van der Waals surface area contributed by atoms with Gasteiger partial charge in [0.2, 0.25) is 0 Å². The molecule has 0 rings (SSSR count). The number of amides is 2. The topological polar surface area (TPSA) is 78.4 Å². The van der Waals surface area contributed by atoms with E-state index in [4.69, 9.17) is 5.11 Å². The summed E-state index contributed by atoms with van der Waals surface area (Å²) in [5.74, 6) is 0.772. The monoisotopic (exact) mass is 260 g/mol. The highest BCUT2D eigenvalue weighted by Crippen LogP contribution is 1.98. The standard InChI is InChI=1S/C11H20N2O3S/c1-3-6-17-7-5-12-11(16)13-9(4-2)8-10(14)15/h3,9H,1,4-8H2,2H3,(H,14,15)(H2,12,13,16). The minimum absolute atomic E-state index is 0.0465. The molecule has 0 radical (unpaired) electrons. The molecular weight excluding hydrogens is 240 g/mol. The van der Waals surface area contributed by atoms with E-state index >= 15 is 0 Å². The van der Waals surface area contributed by atoms with Gasteiger partial charge in [-0.2, -0.15) is 11.8 Å². The zero-order valence-corrected chi connectivity index (χ0v) is 10.9. The van der Waals surface area contributed by atoms with E-state index in [1.165, 1.54) is 0 Å². The number of carboxylic acid groups (broad SMARTS) is 1. The molecule has 0 aromatic carbocycles. The molecule has 0 saturated carbocycles. The Morgan fingerprint density at radius 1 is 1.53 bits per heavy atom. The molecule has 0 aliphatic carbocycles. The van der Waals surface area contributed by atoms with E-state index in [2.05, 4.69) is 17.2 Å². The summed E-state index contributed by atoms with van der Waals surface area (Å²) >= 11 is 1.68. The van der Waals surface area contributed by atoms with E-state index in [1.54, 1.807) is 11.8 Å². The molecule has 0 spiro atoms. The van der Waals surface area contributed by atoms with Gasteiger partial charge in [-0.3, -0.25) is 4.79 Å². The Bertz CT molecular complexity index is 259. The van der Waals surface area contributed by atoms with Crippen molar-refractivity contribution in [2.45, 2.75) is 25.8 Å². The average molecular weight is 260 g/mol. The van der Waals surface area contributed by atoms with E-state index in [1.807, 2.05) is 13.0 Å². The summed E-state index contributed by atoms with van der Waals surface area (Å²) in [6.45, 7) is 6.00. The number of rotatable bonds is 9. The Kier molecular flexibility index (Phi) is 9.33. The third-order valence-electron chi connectivity index (χ3n) is 2.02. The molecule has 0 fully saturated rings. The van der Waals surface area contributed by atoms with Gasteiger partial charge in [0.25, 0.3) is 0 Å². The van der Waals surface area contributed by atoms with Gasteiger partial charge in [-0.05, 0) is 6.42 Å². The lowest BCUT2D eigenvalue weighted by Gasteiger charge is -2.15. The fraction of sp³-hybridized carbons (Fsp3) is 0.636. The minimum Gasteiger partial charge on any atom is -0.481 e. The van der Waals surface area contributed by atoms with Crippen LogP contribution in [0.3, 0.4) is 0 Å². The van der Waals surface area contributed by atoms with Crippen molar-refractivity contribution in [2.75, 3.05) is 18.1 Å². The zero-order valence-electron chi connectivity index (χ0n) is 10.1. The molecule has 0 aliphatic rings. The maximum Gasteiger partial charge on any atom is 0.315 e. The largest absolute Gasteiger partial charge is 0.481 e. The van der Waals surface area contributed by atoms with Crippen LogP contribution < -0.4 is 10.6 Å². The van der Waals surface area contributed by atoms with Crippen molar-refractivity contribution < 1.29 is 14.7 Å². The van der Waals surface area contributed by atoms with Crippen molar-refractivity contribution in [1.82, 2.24) is 10.6 Å². The van der Waals surface area contributed by atoms with Crippen LogP contribution >= 0.6 is 11.8 Å². The molecule has 2 amide bonds. The van der Waals surface area contributed by atoms with Crippen LogP contribution in [0.5, 0.6) is 0 Å². The van der Waals surface area contributed by atoms with Gasteiger partial charge in [0.1, 0.15) is 0 Å². The van der Waals surface area contributed by atoms with Crippen LogP contribution in [0.15, 0.2) is 12.7 Å². The molecule has 0 bridgehead atoms. The number of urea groups is 1. The van der Waals surface area contributed by atoms with E-state index in [9.17, 15) is 9.59 Å². The number of thioether (sulfide) groups is 1. The van der Waals surface area contributed by atoms with Crippen molar-refractivity contribution in [3.8, 4) is 0 Å². The van der Waals surface area contributed by atoms with Crippen LogP contribution in [0, 0.1) is 0 Å². The first kappa shape index (κ1) is 15.8. The Morgan fingerprint density at radius 2 is 2.24 bits per heavy atom. The van der Waals surface area contributed by atoms with Crippen molar-refractivity contribution in [3.05, 3.63) is 12.7 Å². The third-order valence-corrected chi connectivity index (χ3v) is 2.98. The zero-order chi connectivity index (χ0) is 13.1. The molecule has 1 unspecified atom stereocenters. The van der Waals surface area contributed by atoms with Crippen LogP contribution in [0.25, 0.3) is 0 Å². The van der Waals surface area contributed by atoms with Gasteiger partial charge >= 0.3 is 12.0 Å². The van der Waals surface area contributed by atoms with E-state index in [0.29, 0.717) is 13.0 Å². The smallest absolute Gasteiger partial charge is 0.315 e. The lowest BCUT2D eigenvalue weighted by Crippen LogP contribution is -2.43. The molecule has 0 aromatic heterocycles. The second kappa shape index (κ2) is 10.0. The van der Waals surface area contributed by atoms with E-state index < -0.39 is 5.97 Å². The number of aliphatic carboxylic acids is 1. The number of carbonyl (C=O) groups excluding carboxylic acids is 1. The summed E-state index contributed by atoms with van der Waals surface area (Å²) in [4.78, 5) is 21.9. The SMILES string of the molecule is C=CCSCCNC(=O)NC(CC)CC(=O)O. The molecule has 98 valence electrons. The second-order valence-electron chi connectivity index (χ2n) is 3.47. The first-order valence-electron chi connectivity index (χ1n) is 5.55. The van der Waals surface area contributed by atoms with E-state index in [0.717, 1.165) is 11.5 Å². The predicted molar refractivity (Wildman–Crippen MR) is 70.4 cm³/mol. The highest BCUT2D eigenvalue weighted by atomic mass is 32.2. The highest BCUT2D eigenvalue weighted by molar-refractivity contribution is 7.99. The lowest BCUT2D eigenvalue weighted by atomic mass is 10.1. The maximum atomic E-state index is 11.4. The summed E-state index contributed by atoms with van der Waals surface area (Å²) in [5.41, 5.74) is 0. The van der Waals surface area contributed by atoms with Crippen molar-refractivity contribution >= 4 is 23.8 Å². The Morgan fingerprint density at radius 3 is 2.76 bits per heavy atom. The number of carboxylic acids is 1. The predicted octanol–water partition coefficient (Wildman–Crippen LogP) is 1.46. The van der Waals surface area contributed by atoms with Crippen molar-refractivity contribution in [3.63, 3.8) is 0 Å². The molecule has 0 saturated heterocycles. The summed E-state index contributed by atoms with van der Waals surface area (Å²) < 4.78 is 0. The first-order chi connectivity index (χ1) is 8.10. The van der Waals surface area contributed by atoms with Gasteiger partial charge in [-0.15, -0.1) is 6.58 Å². The first-order valence-corrected chi connectivity index (χ1v) is 6.70. The second-order valence-corrected chi connectivity index (χ2v) is 4.62.